The molecule has 0 aromatic heterocycles. The Morgan fingerprint density at radius 1 is 1.60 bits per heavy atom. The van der Waals surface area contributed by atoms with Crippen LogP contribution < -0.4 is 0 Å². The van der Waals surface area contributed by atoms with E-state index in [4.69, 9.17) is 0 Å². The molecule has 0 aliphatic heterocycles. The van der Waals surface area contributed by atoms with Gasteiger partial charge in [-0.15, -0.1) is 0 Å². The molecule has 0 aliphatic carbocycles. The molecule has 10 heavy (non-hydrogen) atoms. The van der Waals surface area contributed by atoms with Crippen LogP contribution in [0.3, 0.4) is 0 Å². The zero-order valence-corrected chi connectivity index (χ0v) is 7.57. The number of thioether (sulfide) groups is 1. The normalized spacial score (nSPS) is 12.2. The highest BCUT2D eigenvalue weighted by molar-refractivity contribution is 7.98. The van der Waals surface area contributed by atoms with Crippen LogP contribution in [0.4, 0.5) is 0 Å². The summed E-state index contributed by atoms with van der Waals surface area (Å²) in [6.45, 7) is 4.15. The summed E-state index contributed by atoms with van der Waals surface area (Å²) in [5.41, 5.74) is 0.905. The summed E-state index contributed by atoms with van der Waals surface area (Å²) in [6.07, 6.45) is 4.94. The molecule has 1 nitrogen and oxygen atoms in total. The molecular weight excluding hydrogens is 144 g/mol. The van der Waals surface area contributed by atoms with Crippen molar-refractivity contribution in [3.8, 4) is 0 Å². The van der Waals surface area contributed by atoms with Gasteiger partial charge in [-0.05, 0) is 17.7 Å². The number of carbonyl (C=O) groups excluding carboxylic acids is 1. The lowest BCUT2D eigenvalue weighted by molar-refractivity contribution is -0.104. The van der Waals surface area contributed by atoms with Crippen molar-refractivity contribution < 1.29 is 4.79 Å². The van der Waals surface area contributed by atoms with E-state index in [0.29, 0.717) is 5.92 Å². The van der Waals surface area contributed by atoms with E-state index in [0.717, 1.165) is 17.6 Å². The van der Waals surface area contributed by atoms with Crippen molar-refractivity contribution in [2.45, 2.75) is 13.8 Å². The second-order valence-electron chi connectivity index (χ2n) is 2.54. The first-order chi connectivity index (χ1) is 4.70. The quantitative estimate of drug-likeness (QED) is 0.460. The largest absolute Gasteiger partial charge is 0.298 e. The summed E-state index contributed by atoms with van der Waals surface area (Å²) in [5, 5.41) is 0. The molecule has 0 aromatic carbocycles. The summed E-state index contributed by atoms with van der Waals surface area (Å²) in [7, 11) is 0. The first kappa shape index (κ1) is 9.76. The summed E-state index contributed by atoms with van der Waals surface area (Å²) in [4.78, 5) is 10.3. The van der Waals surface area contributed by atoms with Gasteiger partial charge < -0.3 is 0 Å². The Hall–Kier alpha value is -0.240. The Labute approximate surface area is 66.9 Å². The zero-order chi connectivity index (χ0) is 7.98. The Kier molecular flexibility index (Phi) is 5.40. The average molecular weight is 158 g/mol. The van der Waals surface area contributed by atoms with Crippen LogP contribution in [-0.2, 0) is 4.79 Å². The standard InChI is InChI=1S/C8H14OS/c1-7(2)4-8(5-9)6-10-3/h4-5,7H,6H2,1-3H3/b8-4-. The van der Waals surface area contributed by atoms with Crippen LogP contribution in [0.25, 0.3) is 0 Å². The summed E-state index contributed by atoms with van der Waals surface area (Å²) >= 11 is 1.68. The van der Waals surface area contributed by atoms with Crippen LogP contribution in [0, 0.1) is 5.92 Å². The molecule has 0 fully saturated rings. The lowest BCUT2D eigenvalue weighted by atomic mass is 10.1. The third kappa shape index (κ3) is 4.62. The minimum absolute atomic E-state index is 0.479. The van der Waals surface area contributed by atoms with E-state index in [9.17, 15) is 4.79 Å². The summed E-state index contributed by atoms with van der Waals surface area (Å²) in [5.74, 6) is 1.31. The van der Waals surface area contributed by atoms with Crippen LogP contribution in [-0.4, -0.2) is 18.3 Å². The van der Waals surface area contributed by atoms with Crippen LogP contribution >= 0.6 is 11.8 Å². The first-order valence-electron chi connectivity index (χ1n) is 3.35. The van der Waals surface area contributed by atoms with Crippen molar-refractivity contribution in [3.05, 3.63) is 11.6 Å². The molecule has 0 aliphatic rings. The lowest BCUT2D eigenvalue weighted by Crippen LogP contribution is -1.91. The number of hydrogen-bond acceptors (Lipinski definition) is 2. The van der Waals surface area contributed by atoms with Crippen LogP contribution in [0.15, 0.2) is 11.6 Å². The van der Waals surface area contributed by atoms with E-state index in [1.807, 2.05) is 12.3 Å². The zero-order valence-electron chi connectivity index (χ0n) is 6.76. The Morgan fingerprint density at radius 2 is 2.20 bits per heavy atom. The second kappa shape index (κ2) is 5.54. The molecule has 0 aromatic rings. The maximum atomic E-state index is 10.3. The third-order valence-electron chi connectivity index (χ3n) is 1.01. The van der Waals surface area contributed by atoms with E-state index in [1.54, 1.807) is 11.8 Å². The highest BCUT2D eigenvalue weighted by Gasteiger charge is 1.94. The van der Waals surface area contributed by atoms with Gasteiger partial charge in [0.15, 0.2) is 0 Å². The van der Waals surface area contributed by atoms with E-state index in [1.165, 1.54) is 0 Å². The molecule has 0 radical (unpaired) electrons. The van der Waals surface area contributed by atoms with E-state index < -0.39 is 0 Å². The van der Waals surface area contributed by atoms with Crippen LogP contribution in [0.2, 0.25) is 0 Å². The van der Waals surface area contributed by atoms with E-state index in [-0.39, 0.29) is 0 Å². The van der Waals surface area contributed by atoms with Gasteiger partial charge in [0.05, 0.1) is 0 Å². The topological polar surface area (TPSA) is 17.1 Å². The van der Waals surface area contributed by atoms with Crippen LogP contribution in [0.1, 0.15) is 13.8 Å². The third-order valence-corrected chi connectivity index (χ3v) is 1.63. The van der Waals surface area contributed by atoms with Gasteiger partial charge in [0, 0.05) is 5.75 Å². The molecule has 2 heteroatoms. The molecular formula is C8H14OS. The van der Waals surface area contributed by atoms with E-state index >= 15 is 0 Å². The van der Waals surface area contributed by atoms with Gasteiger partial charge in [-0.2, -0.15) is 11.8 Å². The molecule has 58 valence electrons. The Bertz CT molecular complexity index is 127. The predicted octanol–water partition coefficient (Wildman–Crippen LogP) is 2.13. The molecule has 0 heterocycles. The van der Waals surface area contributed by atoms with E-state index in [2.05, 4.69) is 13.8 Å². The highest BCUT2D eigenvalue weighted by atomic mass is 32.2. The number of rotatable bonds is 4. The summed E-state index contributed by atoms with van der Waals surface area (Å²) < 4.78 is 0. The smallest absolute Gasteiger partial charge is 0.146 e. The fourth-order valence-electron chi connectivity index (χ4n) is 0.716. The van der Waals surface area contributed by atoms with Gasteiger partial charge in [-0.1, -0.05) is 19.9 Å². The van der Waals surface area contributed by atoms with Crippen molar-refractivity contribution in [1.82, 2.24) is 0 Å². The van der Waals surface area contributed by atoms with Crippen molar-refractivity contribution in [3.63, 3.8) is 0 Å². The molecule has 0 N–H and O–H groups in total. The predicted molar refractivity (Wildman–Crippen MR) is 47.4 cm³/mol. The van der Waals surface area contributed by atoms with Crippen LogP contribution in [0.5, 0.6) is 0 Å². The molecule has 0 unspecified atom stereocenters. The van der Waals surface area contributed by atoms with Gasteiger partial charge in [0.25, 0.3) is 0 Å². The molecule has 0 rings (SSSR count). The van der Waals surface area contributed by atoms with Gasteiger partial charge in [-0.3, -0.25) is 4.79 Å². The molecule has 0 bridgehead atoms. The fourth-order valence-corrected chi connectivity index (χ4v) is 1.21. The molecule has 0 atom stereocenters. The lowest BCUT2D eigenvalue weighted by Gasteiger charge is -1.98. The first-order valence-corrected chi connectivity index (χ1v) is 4.75. The Morgan fingerprint density at radius 3 is 2.50 bits per heavy atom. The number of aldehydes is 1. The van der Waals surface area contributed by atoms with Gasteiger partial charge in [0.1, 0.15) is 6.29 Å². The van der Waals surface area contributed by atoms with Crippen molar-refractivity contribution in [2.75, 3.05) is 12.0 Å². The number of carbonyl (C=O) groups is 1. The minimum atomic E-state index is 0.479. The van der Waals surface area contributed by atoms with Gasteiger partial charge in [0.2, 0.25) is 0 Å². The van der Waals surface area contributed by atoms with Gasteiger partial charge in [-0.25, -0.2) is 0 Å². The fraction of sp³-hybridized carbons (Fsp3) is 0.625. The summed E-state index contributed by atoms with van der Waals surface area (Å²) in [6, 6.07) is 0. The van der Waals surface area contributed by atoms with Crippen molar-refractivity contribution in [1.29, 1.82) is 0 Å². The van der Waals surface area contributed by atoms with Gasteiger partial charge >= 0.3 is 0 Å². The molecule has 0 saturated carbocycles. The SMILES string of the molecule is CSC/C(C=O)=C\C(C)C. The average Bonchev–Trinajstić information content (AvgIpc) is 1.86. The number of allylic oxidation sites excluding steroid dienone is 1. The maximum Gasteiger partial charge on any atom is 0.146 e. The molecule has 0 spiro atoms. The Balaban J connectivity index is 3.90. The monoisotopic (exact) mass is 158 g/mol. The highest BCUT2D eigenvalue weighted by Crippen LogP contribution is 2.05. The number of hydrogen-bond donors (Lipinski definition) is 0. The van der Waals surface area contributed by atoms with Crippen molar-refractivity contribution >= 4 is 18.0 Å². The molecule has 0 amide bonds. The second-order valence-corrected chi connectivity index (χ2v) is 3.40. The maximum absolute atomic E-state index is 10.3. The minimum Gasteiger partial charge on any atom is -0.298 e. The molecule has 0 saturated heterocycles. The van der Waals surface area contributed by atoms with Crippen molar-refractivity contribution in [2.24, 2.45) is 5.92 Å².